The topological polar surface area (TPSA) is 20.2 Å². The Morgan fingerprint density at radius 2 is 1.64 bits per heavy atom. The quantitative estimate of drug-likeness (QED) is 0.571. The van der Waals surface area contributed by atoms with E-state index in [4.69, 9.17) is 0 Å². The molecule has 2 bridgehead atoms. The molecule has 11 heavy (non-hydrogen) atoms. The lowest BCUT2D eigenvalue weighted by atomic mass is 9.70. The molecule has 1 N–H and O–H groups in total. The van der Waals surface area contributed by atoms with E-state index >= 15 is 0 Å². The second kappa shape index (κ2) is 2.74. The maximum absolute atomic E-state index is 13.4. The predicted octanol–water partition coefficient (Wildman–Crippen LogP) is 1.90. The summed E-state index contributed by atoms with van der Waals surface area (Å²) in [6.45, 7) is 0. The summed E-state index contributed by atoms with van der Waals surface area (Å²) < 4.78 is 13.4. The summed E-state index contributed by atoms with van der Waals surface area (Å²) in [6, 6.07) is 0. The molecular weight excluding hydrogens is 143 g/mol. The molecule has 0 amide bonds. The Bertz CT molecular complexity index is 134. The summed E-state index contributed by atoms with van der Waals surface area (Å²) in [4.78, 5) is 0. The van der Waals surface area contributed by atoms with Crippen molar-refractivity contribution >= 4 is 0 Å². The van der Waals surface area contributed by atoms with Crippen LogP contribution in [-0.2, 0) is 0 Å². The second-order valence-electron chi connectivity index (χ2n) is 4.02. The van der Waals surface area contributed by atoms with Crippen molar-refractivity contribution in [1.29, 1.82) is 0 Å². The van der Waals surface area contributed by atoms with Crippen molar-refractivity contribution in [3.05, 3.63) is 0 Å². The first-order chi connectivity index (χ1) is 5.27. The lowest BCUT2D eigenvalue weighted by Crippen LogP contribution is -2.39. The van der Waals surface area contributed by atoms with Crippen LogP contribution in [0.2, 0.25) is 0 Å². The zero-order valence-electron chi connectivity index (χ0n) is 6.67. The van der Waals surface area contributed by atoms with Gasteiger partial charge in [-0.3, -0.25) is 0 Å². The average molecular weight is 158 g/mol. The molecule has 1 nitrogen and oxygen atoms in total. The minimum absolute atomic E-state index is 0.178. The molecule has 0 aromatic heterocycles. The van der Waals surface area contributed by atoms with Gasteiger partial charge in [0.05, 0.1) is 6.10 Å². The lowest BCUT2D eigenvalue weighted by molar-refractivity contribution is -0.0189. The fraction of sp³-hybridized carbons (Fsp3) is 1.00. The van der Waals surface area contributed by atoms with Crippen LogP contribution in [0, 0.1) is 11.8 Å². The molecule has 0 radical (unpaired) electrons. The zero-order chi connectivity index (χ0) is 7.84. The standard InChI is InChI=1S/C9H15FO/c10-9-6-2-1-3-7(9)5-8(11)4-6/h6-9,11H,1-5H2/t6-,7-,8?,9?/m0/s1. The van der Waals surface area contributed by atoms with Gasteiger partial charge in [0.1, 0.15) is 6.17 Å². The van der Waals surface area contributed by atoms with Crippen LogP contribution >= 0.6 is 0 Å². The van der Waals surface area contributed by atoms with Gasteiger partial charge in [0.2, 0.25) is 0 Å². The number of fused-ring (bicyclic) bond motifs is 2. The minimum atomic E-state index is -0.604. The van der Waals surface area contributed by atoms with Crippen molar-refractivity contribution < 1.29 is 9.50 Å². The van der Waals surface area contributed by atoms with Gasteiger partial charge >= 0.3 is 0 Å². The van der Waals surface area contributed by atoms with E-state index in [0.717, 1.165) is 12.8 Å². The van der Waals surface area contributed by atoms with Gasteiger partial charge < -0.3 is 5.11 Å². The molecule has 0 unspecified atom stereocenters. The van der Waals surface area contributed by atoms with Gasteiger partial charge in [-0.1, -0.05) is 6.42 Å². The number of rotatable bonds is 0. The molecule has 2 heteroatoms. The molecule has 0 spiro atoms. The molecule has 0 aromatic carbocycles. The highest BCUT2D eigenvalue weighted by molar-refractivity contribution is 4.89. The molecule has 64 valence electrons. The van der Waals surface area contributed by atoms with Gasteiger partial charge in [-0.15, -0.1) is 0 Å². The third kappa shape index (κ3) is 1.28. The van der Waals surface area contributed by atoms with Crippen molar-refractivity contribution in [3.63, 3.8) is 0 Å². The molecule has 0 saturated heterocycles. The van der Waals surface area contributed by atoms with Gasteiger partial charge in [-0.2, -0.15) is 0 Å². The maximum atomic E-state index is 13.4. The Balaban J connectivity index is 2.07. The maximum Gasteiger partial charge on any atom is 0.106 e. The largest absolute Gasteiger partial charge is 0.393 e. The van der Waals surface area contributed by atoms with Crippen LogP contribution in [0.5, 0.6) is 0 Å². The summed E-state index contributed by atoms with van der Waals surface area (Å²) >= 11 is 0. The third-order valence-corrected chi connectivity index (χ3v) is 3.20. The molecule has 2 saturated carbocycles. The van der Waals surface area contributed by atoms with E-state index < -0.39 is 6.17 Å². The van der Waals surface area contributed by atoms with Crippen LogP contribution in [0.25, 0.3) is 0 Å². The van der Waals surface area contributed by atoms with E-state index in [2.05, 4.69) is 0 Å². The van der Waals surface area contributed by atoms with Crippen molar-refractivity contribution in [1.82, 2.24) is 0 Å². The van der Waals surface area contributed by atoms with E-state index in [1.54, 1.807) is 0 Å². The Morgan fingerprint density at radius 3 is 2.18 bits per heavy atom. The van der Waals surface area contributed by atoms with Crippen molar-refractivity contribution in [2.45, 2.75) is 44.4 Å². The smallest absolute Gasteiger partial charge is 0.106 e. The van der Waals surface area contributed by atoms with Crippen LogP contribution in [0.15, 0.2) is 0 Å². The van der Waals surface area contributed by atoms with Crippen LogP contribution in [-0.4, -0.2) is 17.4 Å². The Kier molecular flexibility index (Phi) is 1.88. The Morgan fingerprint density at radius 1 is 1.09 bits per heavy atom. The van der Waals surface area contributed by atoms with Crippen molar-refractivity contribution in [3.8, 4) is 0 Å². The summed E-state index contributed by atoms with van der Waals surface area (Å²) in [5, 5.41) is 9.37. The fourth-order valence-corrected chi connectivity index (χ4v) is 2.64. The van der Waals surface area contributed by atoms with Gasteiger partial charge in [-0.05, 0) is 37.5 Å². The molecular formula is C9H15FO. The zero-order valence-corrected chi connectivity index (χ0v) is 6.67. The van der Waals surface area contributed by atoms with E-state index in [-0.39, 0.29) is 17.9 Å². The average Bonchev–Trinajstić information content (AvgIpc) is 1.92. The number of alkyl halides is 1. The first-order valence-corrected chi connectivity index (χ1v) is 4.59. The summed E-state index contributed by atoms with van der Waals surface area (Å²) in [6.07, 6.45) is 3.76. The summed E-state index contributed by atoms with van der Waals surface area (Å²) in [5.74, 6) is 0.356. The van der Waals surface area contributed by atoms with Crippen molar-refractivity contribution in [2.75, 3.05) is 0 Å². The van der Waals surface area contributed by atoms with Gasteiger partial charge in [0.25, 0.3) is 0 Å². The third-order valence-electron chi connectivity index (χ3n) is 3.20. The number of aliphatic hydroxyl groups excluding tert-OH is 1. The summed E-state index contributed by atoms with van der Waals surface area (Å²) in [7, 11) is 0. The summed E-state index contributed by atoms with van der Waals surface area (Å²) in [5.41, 5.74) is 0. The SMILES string of the molecule is OC1C[C@@H]2CCC[C@@H](C1)C2F. The van der Waals surface area contributed by atoms with Gasteiger partial charge in [0.15, 0.2) is 0 Å². The Labute approximate surface area is 66.6 Å². The Hall–Kier alpha value is -0.110. The first kappa shape index (κ1) is 7.53. The van der Waals surface area contributed by atoms with E-state index in [9.17, 15) is 9.50 Å². The van der Waals surface area contributed by atoms with Crippen molar-refractivity contribution in [2.24, 2.45) is 11.8 Å². The number of halogens is 1. The van der Waals surface area contributed by atoms with Crippen LogP contribution < -0.4 is 0 Å². The highest BCUT2D eigenvalue weighted by Crippen LogP contribution is 2.41. The second-order valence-corrected chi connectivity index (χ2v) is 4.02. The van der Waals surface area contributed by atoms with E-state index in [0.29, 0.717) is 12.8 Å². The van der Waals surface area contributed by atoms with Crippen LogP contribution in [0.1, 0.15) is 32.1 Å². The fourth-order valence-electron chi connectivity index (χ4n) is 2.64. The molecule has 0 aliphatic heterocycles. The molecule has 0 heterocycles. The van der Waals surface area contributed by atoms with E-state index in [1.165, 1.54) is 6.42 Å². The predicted molar refractivity (Wildman–Crippen MR) is 41.0 cm³/mol. The molecule has 0 aromatic rings. The monoisotopic (exact) mass is 158 g/mol. The highest BCUT2D eigenvalue weighted by atomic mass is 19.1. The molecule has 2 rings (SSSR count). The molecule has 2 aliphatic rings. The normalized spacial score (nSPS) is 50.7. The van der Waals surface area contributed by atoms with Crippen LogP contribution in [0.4, 0.5) is 4.39 Å². The van der Waals surface area contributed by atoms with Gasteiger partial charge in [-0.25, -0.2) is 4.39 Å². The minimum Gasteiger partial charge on any atom is -0.393 e. The number of hydrogen-bond donors (Lipinski definition) is 1. The molecule has 2 atom stereocenters. The van der Waals surface area contributed by atoms with Gasteiger partial charge in [0, 0.05) is 0 Å². The first-order valence-electron chi connectivity index (χ1n) is 4.59. The molecule has 2 fully saturated rings. The lowest BCUT2D eigenvalue weighted by Gasteiger charge is -2.40. The molecule has 2 aliphatic carbocycles. The van der Waals surface area contributed by atoms with Crippen LogP contribution in [0.3, 0.4) is 0 Å². The number of aliphatic hydroxyl groups is 1. The highest BCUT2D eigenvalue weighted by Gasteiger charge is 2.39. The van der Waals surface area contributed by atoms with E-state index in [1.807, 2.05) is 0 Å². The number of hydrogen-bond acceptors (Lipinski definition) is 1.